The Balaban J connectivity index is 2.83. The maximum atomic E-state index is 8.99. The molecule has 0 fully saturated rings. The molecule has 0 aliphatic rings. The number of hydrogen-bond acceptors (Lipinski definition) is 3. The van der Waals surface area contributed by atoms with Crippen molar-refractivity contribution in [2.75, 3.05) is 18.5 Å². The maximum absolute atomic E-state index is 8.99. The molecule has 3 nitrogen and oxygen atoms in total. The summed E-state index contributed by atoms with van der Waals surface area (Å²) in [5, 5.41) is 21.1. The molecule has 0 heterocycles. The van der Waals surface area contributed by atoms with Gasteiger partial charge in [-0.2, -0.15) is 0 Å². The van der Waals surface area contributed by atoms with Gasteiger partial charge >= 0.3 is 0 Å². The SMILES string of the molecule is CC(C)c1ccccc1NC(CO)CO. The van der Waals surface area contributed by atoms with Gasteiger partial charge in [-0.1, -0.05) is 32.0 Å². The Morgan fingerprint density at radius 2 is 1.73 bits per heavy atom. The van der Waals surface area contributed by atoms with Crippen LogP contribution in [0.2, 0.25) is 0 Å². The number of anilines is 1. The fourth-order valence-electron chi connectivity index (χ4n) is 1.50. The molecule has 0 aliphatic carbocycles. The zero-order valence-corrected chi connectivity index (χ0v) is 9.27. The molecule has 0 saturated carbocycles. The van der Waals surface area contributed by atoms with Crippen LogP contribution in [0.15, 0.2) is 24.3 Å². The van der Waals surface area contributed by atoms with E-state index in [-0.39, 0.29) is 19.3 Å². The summed E-state index contributed by atoms with van der Waals surface area (Å²) in [5.74, 6) is 0.423. The van der Waals surface area contributed by atoms with Crippen LogP contribution >= 0.6 is 0 Å². The third-order valence-corrected chi connectivity index (χ3v) is 2.38. The molecule has 0 unspecified atom stereocenters. The average molecular weight is 209 g/mol. The first kappa shape index (κ1) is 12.0. The number of rotatable bonds is 5. The first-order valence-electron chi connectivity index (χ1n) is 5.26. The quantitative estimate of drug-likeness (QED) is 0.690. The lowest BCUT2D eigenvalue weighted by atomic mass is 10.0. The Bertz CT molecular complexity index is 295. The fourth-order valence-corrected chi connectivity index (χ4v) is 1.50. The molecule has 0 amide bonds. The standard InChI is InChI=1S/C12H19NO2/c1-9(2)11-5-3-4-6-12(11)13-10(7-14)8-15/h3-6,9-10,13-15H,7-8H2,1-2H3. The Hall–Kier alpha value is -1.06. The zero-order chi connectivity index (χ0) is 11.3. The third kappa shape index (κ3) is 3.22. The summed E-state index contributed by atoms with van der Waals surface area (Å²) in [7, 11) is 0. The summed E-state index contributed by atoms with van der Waals surface area (Å²) in [4.78, 5) is 0. The lowest BCUT2D eigenvalue weighted by Crippen LogP contribution is -2.28. The minimum Gasteiger partial charge on any atom is -0.394 e. The van der Waals surface area contributed by atoms with E-state index in [0.29, 0.717) is 5.92 Å². The molecule has 0 spiro atoms. The van der Waals surface area contributed by atoms with Crippen molar-refractivity contribution in [3.8, 4) is 0 Å². The summed E-state index contributed by atoms with van der Waals surface area (Å²) in [6.45, 7) is 4.10. The Morgan fingerprint density at radius 1 is 1.13 bits per heavy atom. The van der Waals surface area contributed by atoms with Gasteiger partial charge in [-0.15, -0.1) is 0 Å². The minimum absolute atomic E-state index is 0.0665. The predicted octanol–water partition coefficient (Wildman–Crippen LogP) is 1.58. The highest BCUT2D eigenvalue weighted by atomic mass is 16.3. The highest BCUT2D eigenvalue weighted by Gasteiger charge is 2.09. The van der Waals surface area contributed by atoms with Gasteiger partial charge in [-0.05, 0) is 17.5 Å². The first-order valence-corrected chi connectivity index (χ1v) is 5.26. The van der Waals surface area contributed by atoms with Crippen LogP contribution in [-0.2, 0) is 0 Å². The summed E-state index contributed by atoms with van der Waals surface area (Å²) in [6, 6.07) is 7.67. The van der Waals surface area contributed by atoms with Crippen molar-refractivity contribution >= 4 is 5.69 Å². The van der Waals surface area contributed by atoms with Crippen molar-refractivity contribution in [3.05, 3.63) is 29.8 Å². The highest BCUT2D eigenvalue weighted by Crippen LogP contribution is 2.24. The topological polar surface area (TPSA) is 52.5 Å². The van der Waals surface area contributed by atoms with E-state index in [1.165, 1.54) is 5.56 Å². The molecule has 0 aliphatic heterocycles. The molecule has 0 bridgehead atoms. The van der Waals surface area contributed by atoms with E-state index in [0.717, 1.165) is 5.69 Å². The monoisotopic (exact) mass is 209 g/mol. The number of aliphatic hydroxyl groups excluding tert-OH is 2. The van der Waals surface area contributed by atoms with Gasteiger partial charge in [0.15, 0.2) is 0 Å². The molecule has 1 rings (SSSR count). The van der Waals surface area contributed by atoms with E-state index < -0.39 is 0 Å². The van der Waals surface area contributed by atoms with Crippen molar-refractivity contribution in [1.29, 1.82) is 0 Å². The largest absolute Gasteiger partial charge is 0.394 e. The predicted molar refractivity (Wildman–Crippen MR) is 62.1 cm³/mol. The summed E-state index contributed by atoms with van der Waals surface area (Å²) < 4.78 is 0. The molecule has 0 radical (unpaired) electrons. The van der Waals surface area contributed by atoms with E-state index in [1.807, 2.05) is 18.2 Å². The van der Waals surface area contributed by atoms with Crippen LogP contribution < -0.4 is 5.32 Å². The summed E-state index contributed by atoms with van der Waals surface area (Å²) in [6.07, 6.45) is 0. The summed E-state index contributed by atoms with van der Waals surface area (Å²) >= 11 is 0. The maximum Gasteiger partial charge on any atom is 0.0723 e. The molecule has 1 aromatic carbocycles. The molecule has 3 N–H and O–H groups in total. The van der Waals surface area contributed by atoms with Crippen LogP contribution in [-0.4, -0.2) is 29.5 Å². The fraction of sp³-hybridized carbons (Fsp3) is 0.500. The van der Waals surface area contributed by atoms with Crippen LogP contribution in [0.4, 0.5) is 5.69 Å². The smallest absolute Gasteiger partial charge is 0.0723 e. The molecule has 1 aromatic rings. The van der Waals surface area contributed by atoms with Crippen LogP contribution in [0, 0.1) is 0 Å². The van der Waals surface area contributed by atoms with Crippen LogP contribution in [0.1, 0.15) is 25.3 Å². The summed E-state index contributed by atoms with van der Waals surface area (Å²) in [5.41, 5.74) is 2.19. The van der Waals surface area contributed by atoms with Gasteiger partial charge in [0.1, 0.15) is 0 Å². The highest BCUT2D eigenvalue weighted by molar-refractivity contribution is 5.53. The van der Waals surface area contributed by atoms with Crippen LogP contribution in [0.25, 0.3) is 0 Å². The Kier molecular flexibility index (Phi) is 4.59. The molecule has 3 heteroatoms. The van der Waals surface area contributed by atoms with Gasteiger partial charge in [0, 0.05) is 5.69 Å². The second kappa shape index (κ2) is 5.73. The van der Waals surface area contributed by atoms with E-state index in [9.17, 15) is 0 Å². The molecule has 0 saturated heterocycles. The number of benzene rings is 1. The average Bonchev–Trinajstić information content (AvgIpc) is 2.26. The van der Waals surface area contributed by atoms with Gasteiger partial charge in [-0.25, -0.2) is 0 Å². The van der Waals surface area contributed by atoms with Crippen molar-refractivity contribution in [1.82, 2.24) is 0 Å². The van der Waals surface area contributed by atoms with Gasteiger partial charge < -0.3 is 15.5 Å². The van der Waals surface area contributed by atoms with Gasteiger partial charge in [0.2, 0.25) is 0 Å². The number of hydrogen-bond donors (Lipinski definition) is 3. The number of aliphatic hydroxyl groups is 2. The van der Waals surface area contributed by atoms with Crippen LogP contribution in [0.3, 0.4) is 0 Å². The second-order valence-electron chi connectivity index (χ2n) is 3.95. The van der Waals surface area contributed by atoms with E-state index in [2.05, 4.69) is 25.2 Å². The van der Waals surface area contributed by atoms with E-state index in [1.54, 1.807) is 0 Å². The third-order valence-electron chi connectivity index (χ3n) is 2.38. The lowest BCUT2D eigenvalue weighted by Gasteiger charge is -2.19. The Labute approximate surface area is 90.8 Å². The molecule has 84 valence electrons. The van der Waals surface area contributed by atoms with Crippen molar-refractivity contribution in [2.24, 2.45) is 0 Å². The number of nitrogens with one attached hydrogen (secondary N) is 1. The van der Waals surface area contributed by atoms with E-state index >= 15 is 0 Å². The first-order chi connectivity index (χ1) is 7.19. The van der Waals surface area contributed by atoms with Crippen molar-refractivity contribution in [2.45, 2.75) is 25.8 Å². The molecule has 0 atom stereocenters. The Morgan fingerprint density at radius 3 is 2.27 bits per heavy atom. The second-order valence-corrected chi connectivity index (χ2v) is 3.95. The van der Waals surface area contributed by atoms with Gasteiger partial charge in [0.25, 0.3) is 0 Å². The van der Waals surface area contributed by atoms with Crippen molar-refractivity contribution in [3.63, 3.8) is 0 Å². The van der Waals surface area contributed by atoms with Crippen LogP contribution in [0.5, 0.6) is 0 Å². The normalized spacial score (nSPS) is 11.1. The van der Waals surface area contributed by atoms with E-state index in [4.69, 9.17) is 10.2 Å². The van der Waals surface area contributed by atoms with Gasteiger partial charge in [0.05, 0.1) is 19.3 Å². The molecular formula is C12H19NO2. The van der Waals surface area contributed by atoms with Crippen molar-refractivity contribution < 1.29 is 10.2 Å². The van der Waals surface area contributed by atoms with Gasteiger partial charge in [-0.3, -0.25) is 0 Å². The molecule has 15 heavy (non-hydrogen) atoms. The minimum atomic E-state index is -0.287. The molecule has 0 aromatic heterocycles. The number of para-hydroxylation sites is 1. The zero-order valence-electron chi connectivity index (χ0n) is 9.27. The lowest BCUT2D eigenvalue weighted by molar-refractivity contribution is 0.204. The molecular weight excluding hydrogens is 190 g/mol.